The molecule has 8 heteroatoms. The number of nitrogens with zero attached hydrogens (tertiary/aromatic N) is 4. The molecule has 0 atom stereocenters. The molecule has 1 aromatic rings. The van der Waals surface area contributed by atoms with Crippen LogP contribution in [0.1, 0.15) is 6.92 Å². The second kappa shape index (κ2) is 10.1. The molecule has 0 aliphatic heterocycles. The fourth-order valence-electron chi connectivity index (χ4n) is 2.14. The summed E-state index contributed by atoms with van der Waals surface area (Å²) < 4.78 is 10.3. The Hall–Kier alpha value is -1.64. The molecule has 0 amide bonds. The quantitative estimate of drug-likeness (QED) is 0.588. The van der Waals surface area contributed by atoms with Crippen LogP contribution < -0.4 is 15.5 Å². The van der Waals surface area contributed by atoms with Gasteiger partial charge in [-0.1, -0.05) is 0 Å². The van der Waals surface area contributed by atoms with Crippen LogP contribution in [0, 0.1) is 0 Å². The van der Waals surface area contributed by atoms with Crippen LogP contribution in [0.5, 0.6) is 0 Å². The van der Waals surface area contributed by atoms with Gasteiger partial charge in [0.25, 0.3) is 0 Å². The van der Waals surface area contributed by atoms with Gasteiger partial charge in [0, 0.05) is 40.4 Å². The van der Waals surface area contributed by atoms with Gasteiger partial charge in [0.2, 0.25) is 0 Å². The van der Waals surface area contributed by atoms with Gasteiger partial charge in [-0.3, -0.25) is 0 Å². The minimum Gasteiger partial charge on any atom is -0.395 e. The summed E-state index contributed by atoms with van der Waals surface area (Å²) in [6.45, 7) is 5.67. The number of ether oxygens (including phenoxy) is 2. The lowest BCUT2D eigenvalue weighted by Crippen LogP contribution is -2.33. The summed E-state index contributed by atoms with van der Waals surface area (Å²) in [6.07, 6.45) is 1.49. The van der Waals surface area contributed by atoms with Crippen LogP contribution >= 0.6 is 0 Å². The van der Waals surface area contributed by atoms with Gasteiger partial charge in [-0.25, -0.2) is 9.97 Å². The third-order valence-electron chi connectivity index (χ3n) is 3.32. The molecule has 0 bridgehead atoms. The van der Waals surface area contributed by atoms with Crippen LogP contribution in [0.2, 0.25) is 0 Å². The van der Waals surface area contributed by atoms with Crippen LogP contribution in [-0.4, -0.2) is 75.3 Å². The molecule has 3 N–H and O–H groups in total. The first-order valence-corrected chi connectivity index (χ1v) is 7.38. The molecule has 0 saturated carbocycles. The molecule has 22 heavy (non-hydrogen) atoms. The van der Waals surface area contributed by atoms with Gasteiger partial charge in [-0.2, -0.15) is 0 Å². The number of hydrogen-bond acceptors (Lipinski definition) is 8. The average molecular weight is 313 g/mol. The van der Waals surface area contributed by atoms with Crippen molar-refractivity contribution in [3.63, 3.8) is 0 Å². The lowest BCUT2D eigenvalue weighted by atomic mass is 10.3. The zero-order valence-corrected chi connectivity index (χ0v) is 13.7. The first kappa shape index (κ1) is 18.4. The van der Waals surface area contributed by atoms with Gasteiger partial charge >= 0.3 is 0 Å². The first-order chi connectivity index (χ1) is 10.7. The number of aromatic nitrogens is 2. The lowest BCUT2D eigenvalue weighted by molar-refractivity contribution is 0.190. The number of hydrogen-bond donors (Lipinski definition) is 2. The van der Waals surface area contributed by atoms with E-state index in [1.54, 1.807) is 14.2 Å². The molecule has 126 valence electrons. The number of likely N-dealkylation sites (N-methyl/N-ethyl adjacent to an activating group) is 1. The van der Waals surface area contributed by atoms with E-state index in [1.807, 2.05) is 16.7 Å². The Bertz CT molecular complexity index is 425. The predicted molar refractivity (Wildman–Crippen MR) is 87.4 cm³/mol. The average Bonchev–Trinajstić information content (AvgIpc) is 2.54. The maximum atomic E-state index is 9.16. The van der Waals surface area contributed by atoms with Crippen molar-refractivity contribution >= 4 is 17.3 Å². The molecule has 1 heterocycles. The zero-order chi connectivity index (χ0) is 16.4. The minimum absolute atomic E-state index is 0.0453. The summed E-state index contributed by atoms with van der Waals surface area (Å²) in [6, 6.07) is 0. The standard InChI is InChI=1S/C14H27N5O3/c1-4-18(5-8-20)13-12(15)14(17-11-16-13)19(6-9-21-2)7-10-22-3/h11,20H,4-10,15H2,1-3H3. The zero-order valence-electron chi connectivity index (χ0n) is 13.7. The fourth-order valence-corrected chi connectivity index (χ4v) is 2.14. The summed E-state index contributed by atoms with van der Waals surface area (Å²) in [5.41, 5.74) is 6.77. The summed E-state index contributed by atoms with van der Waals surface area (Å²) >= 11 is 0. The maximum Gasteiger partial charge on any atom is 0.157 e. The van der Waals surface area contributed by atoms with Crippen LogP contribution in [0.25, 0.3) is 0 Å². The van der Waals surface area contributed by atoms with Crippen LogP contribution in [0.3, 0.4) is 0 Å². The molecule has 0 aliphatic rings. The van der Waals surface area contributed by atoms with Crippen molar-refractivity contribution in [1.29, 1.82) is 0 Å². The van der Waals surface area contributed by atoms with Gasteiger partial charge in [-0.15, -0.1) is 0 Å². The molecule has 8 nitrogen and oxygen atoms in total. The van der Waals surface area contributed by atoms with Gasteiger partial charge in [-0.05, 0) is 6.92 Å². The molecule has 0 saturated heterocycles. The Labute approximate surface area is 131 Å². The minimum atomic E-state index is 0.0453. The largest absolute Gasteiger partial charge is 0.395 e. The normalized spacial score (nSPS) is 10.7. The lowest BCUT2D eigenvalue weighted by Gasteiger charge is -2.27. The highest BCUT2D eigenvalue weighted by molar-refractivity contribution is 5.75. The van der Waals surface area contributed by atoms with Gasteiger partial charge in [0.1, 0.15) is 12.0 Å². The molecular formula is C14H27N5O3. The molecule has 0 unspecified atom stereocenters. The first-order valence-electron chi connectivity index (χ1n) is 7.38. The SMILES string of the molecule is CCN(CCO)c1ncnc(N(CCOC)CCOC)c1N. The van der Waals surface area contributed by atoms with Crippen LogP contribution in [0.15, 0.2) is 6.33 Å². The van der Waals surface area contributed by atoms with E-state index in [1.165, 1.54) is 6.33 Å². The van der Waals surface area contributed by atoms with Crippen molar-refractivity contribution in [2.75, 3.05) is 75.8 Å². The highest BCUT2D eigenvalue weighted by Crippen LogP contribution is 2.28. The molecule has 1 aromatic heterocycles. The van der Waals surface area contributed by atoms with E-state index in [9.17, 15) is 0 Å². The van der Waals surface area contributed by atoms with Crippen molar-refractivity contribution in [2.24, 2.45) is 0 Å². The van der Waals surface area contributed by atoms with E-state index >= 15 is 0 Å². The van der Waals surface area contributed by atoms with Crippen LogP contribution in [-0.2, 0) is 9.47 Å². The van der Waals surface area contributed by atoms with Gasteiger partial charge in [0.05, 0.1) is 19.8 Å². The van der Waals surface area contributed by atoms with E-state index in [-0.39, 0.29) is 6.61 Å². The molecule has 0 spiro atoms. The van der Waals surface area contributed by atoms with E-state index in [4.69, 9.17) is 20.3 Å². The number of aliphatic hydroxyl groups is 1. The third-order valence-corrected chi connectivity index (χ3v) is 3.32. The number of aliphatic hydroxyl groups excluding tert-OH is 1. The number of nitrogen functional groups attached to an aromatic ring is 1. The predicted octanol–water partition coefficient (Wildman–Crippen LogP) is -0.0234. The molecule has 0 fully saturated rings. The number of nitrogens with two attached hydrogens (primary N) is 1. The Balaban J connectivity index is 3.04. The van der Waals surface area contributed by atoms with E-state index in [0.717, 1.165) is 0 Å². The Morgan fingerprint density at radius 3 is 2.05 bits per heavy atom. The van der Waals surface area contributed by atoms with Gasteiger partial charge in [0.15, 0.2) is 11.6 Å². The van der Waals surface area contributed by atoms with E-state index < -0.39 is 0 Å². The van der Waals surface area contributed by atoms with Crippen molar-refractivity contribution in [3.05, 3.63) is 6.33 Å². The molecule has 0 aromatic carbocycles. The summed E-state index contributed by atoms with van der Waals surface area (Å²) in [4.78, 5) is 12.5. The summed E-state index contributed by atoms with van der Waals surface area (Å²) in [5.74, 6) is 1.30. The monoisotopic (exact) mass is 313 g/mol. The van der Waals surface area contributed by atoms with Crippen molar-refractivity contribution in [1.82, 2.24) is 9.97 Å². The van der Waals surface area contributed by atoms with Crippen LogP contribution in [0.4, 0.5) is 17.3 Å². The summed E-state index contributed by atoms with van der Waals surface area (Å²) in [7, 11) is 3.31. The molecule has 0 aliphatic carbocycles. The molecule has 1 rings (SSSR count). The third kappa shape index (κ3) is 4.97. The number of rotatable bonds is 11. The molecule has 0 radical (unpaired) electrons. The highest BCUT2D eigenvalue weighted by atomic mass is 16.5. The second-order valence-corrected chi connectivity index (χ2v) is 4.71. The maximum absolute atomic E-state index is 9.16. The van der Waals surface area contributed by atoms with E-state index in [2.05, 4.69) is 9.97 Å². The number of anilines is 3. The smallest absolute Gasteiger partial charge is 0.157 e. The van der Waals surface area contributed by atoms with Crippen molar-refractivity contribution < 1.29 is 14.6 Å². The Morgan fingerprint density at radius 2 is 1.59 bits per heavy atom. The number of methoxy groups -OCH3 is 2. The topological polar surface area (TPSA) is 97.0 Å². The summed E-state index contributed by atoms with van der Waals surface area (Å²) in [5, 5.41) is 9.16. The Morgan fingerprint density at radius 1 is 1.05 bits per heavy atom. The van der Waals surface area contributed by atoms with Crippen molar-refractivity contribution in [3.8, 4) is 0 Å². The van der Waals surface area contributed by atoms with Gasteiger partial charge < -0.3 is 30.1 Å². The molecular weight excluding hydrogens is 286 g/mol. The van der Waals surface area contributed by atoms with Crippen molar-refractivity contribution in [2.45, 2.75) is 6.92 Å². The van der Waals surface area contributed by atoms with E-state index in [0.29, 0.717) is 56.7 Å². The fraction of sp³-hybridized carbons (Fsp3) is 0.714. The Kier molecular flexibility index (Phi) is 8.49. The second-order valence-electron chi connectivity index (χ2n) is 4.71. The highest BCUT2D eigenvalue weighted by Gasteiger charge is 2.18.